The number of carbonyl (C=O) groups excluding carboxylic acids is 2. The van der Waals surface area contributed by atoms with E-state index in [1.54, 1.807) is 41.8 Å². The van der Waals surface area contributed by atoms with E-state index in [-0.39, 0.29) is 29.3 Å². The first-order chi connectivity index (χ1) is 17.2. The van der Waals surface area contributed by atoms with Crippen molar-refractivity contribution in [3.63, 3.8) is 0 Å². The van der Waals surface area contributed by atoms with Crippen molar-refractivity contribution < 1.29 is 22.7 Å². The van der Waals surface area contributed by atoms with Crippen LogP contribution in [0, 0.1) is 13.8 Å². The van der Waals surface area contributed by atoms with E-state index in [1.165, 1.54) is 35.6 Å². The van der Waals surface area contributed by atoms with Gasteiger partial charge in [0, 0.05) is 0 Å². The van der Waals surface area contributed by atoms with Crippen LogP contribution in [0.3, 0.4) is 0 Å². The van der Waals surface area contributed by atoms with Crippen LogP contribution >= 0.6 is 11.3 Å². The second kappa shape index (κ2) is 10.5. The molecule has 0 radical (unpaired) electrons. The molecule has 1 aromatic heterocycles. The van der Waals surface area contributed by atoms with Crippen LogP contribution in [-0.4, -0.2) is 31.5 Å². The number of hydrogen-bond acceptors (Lipinski definition) is 6. The predicted molar refractivity (Wildman–Crippen MR) is 140 cm³/mol. The van der Waals surface area contributed by atoms with Gasteiger partial charge in [-0.25, -0.2) is 8.42 Å². The number of sulfonamides is 1. The molecule has 1 N–H and O–H groups in total. The number of hydrogen-bond donors (Lipinski definition) is 1. The molecule has 0 aliphatic rings. The highest BCUT2D eigenvalue weighted by Gasteiger charge is 2.19. The standard InChI is InChI=1S/C26H25N3O5S2/c1-4-34-24(30)16-29-22-14-17(2)18(3)15-23(22)35-26(29)27-25(31)20-12-8-9-13-21(20)28-36(32,33)19-10-6-5-7-11-19/h5-15,28H,4,16H2,1-3H3. The molecule has 0 spiro atoms. The molecule has 0 saturated heterocycles. The number of aromatic nitrogens is 1. The Kier molecular flexibility index (Phi) is 7.37. The van der Waals surface area contributed by atoms with Gasteiger partial charge in [-0.1, -0.05) is 41.7 Å². The number of amides is 1. The molecule has 0 fully saturated rings. The first-order valence-corrected chi connectivity index (χ1v) is 13.5. The topological polar surface area (TPSA) is 107 Å². The minimum absolute atomic E-state index is 0.0757. The van der Waals surface area contributed by atoms with E-state index >= 15 is 0 Å². The average molecular weight is 524 g/mol. The third-order valence-electron chi connectivity index (χ3n) is 5.54. The molecular weight excluding hydrogens is 498 g/mol. The predicted octanol–water partition coefficient (Wildman–Crippen LogP) is 4.42. The van der Waals surface area contributed by atoms with Crippen LogP contribution in [0.1, 0.15) is 28.4 Å². The van der Waals surface area contributed by atoms with Crippen molar-refractivity contribution >= 4 is 49.1 Å². The maximum Gasteiger partial charge on any atom is 0.326 e. The first-order valence-electron chi connectivity index (χ1n) is 11.2. The SMILES string of the molecule is CCOC(=O)Cn1c(=NC(=O)c2ccccc2NS(=O)(=O)c2ccccc2)sc2cc(C)c(C)cc21. The van der Waals surface area contributed by atoms with Gasteiger partial charge in [0.2, 0.25) is 0 Å². The van der Waals surface area contributed by atoms with E-state index in [4.69, 9.17) is 4.74 Å². The second-order valence-electron chi connectivity index (χ2n) is 8.06. The average Bonchev–Trinajstić information content (AvgIpc) is 3.15. The fraction of sp³-hybridized carbons (Fsp3) is 0.192. The lowest BCUT2D eigenvalue weighted by Crippen LogP contribution is -2.23. The highest BCUT2D eigenvalue weighted by molar-refractivity contribution is 7.92. The van der Waals surface area contributed by atoms with E-state index in [2.05, 4.69) is 9.71 Å². The molecule has 0 saturated carbocycles. The summed E-state index contributed by atoms with van der Waals surface area (Å²) in [4.78, 5) is 30.3. The van der Waals surface area contributed by atoms with Gasteiger partial charge in [-0.05, 0) is 68.3 Å². The highest BCUT2D eigenvalue weighted by atomic mass is 32.2. The number of nitrogens with one attached hydrogen (secondary N) is 1. The monoisotopic (exact) mass is 523 g/mol. The summed E-state index contributed by atoms with van der Waals surface area (Å²) in [6, 6.07) is 18.1. The molecule has 0 bridgehead atoms. The number of ether oxygens (including phenoxy) is 1. The van der Waals surface area contributed by atoms with Gasteiger partial charge in [-0.2, -0.15) is 4.99 Å². The smallest absolute Gasteiger partial charge is 0.326 e. The van der Waals surface area contributed by atoms with E-state index in [0.29, 0.717) is 4.80 Å². The highest BCUT2D eigenvalue weighted by Crippen LogP contribution is 2.24. The third kappa shape index (κ3) is 5.39. The summed E-state index contributed by atoms with van der Waals surface area (Å²) in [7, 11) is -3.91. The van der Waals surface area contributed by atoms with Gasteiger partial charge in [0.25, 0.3) is 15.9 Å². The molecule has 1 amide bonds. The Morgan fingerprint density at radius 3 is 2.39 bits per heavy atom. The number of esters is 1. The molecule has 10 heteroatoms. The van der Waals surface area contributed by atoms with Crippen LogP contribution in [-0.2, 0) is 26.1 Å². The van der Waals surface area contributed by atoms with Crippen LogP contribution in [0.25, 0.3) is 10.2 Å². The largest absolute Gasteiger partial charge is 0.465 e. The number of anilines is 1. The summed E-state index contributed by atoms with van der Waals surface area (Å²) in [6.07, 6.45) is 0. The molecule has 0 atom stereocenters. The number of carbonyl (C=O) groups is 2. The molecule has 36 heavy (non-hydrogen) atoms. The summed E-state index contributed by atoms with van der Waals surface area (Å²) in [5.74, 6) is -1.08. The van der Waals surface area contributed by atoms with Crippen molar-refractivity contribution in [3.8, 4) is 0 Å². The number of fused-ring (bicyclic) bond motifs is 1. The zero-order valence-electron chi connectivity index (χ0n) is 20.0. The lowest BCUT2D eigenvalue weighted by molar-refractivity contribution is -0.143. The number of nitrogens with zero attached hydrogens (tertiary/aromatic N) is 2. The van der Waals surface area contributed by atoms with Crippen molar-refractivity contribution in [3.05, 3.63) is 88.2 Å². The van der Waals surface area contributed by atoms with Crippen molar-refractivity contribution in [2.45, 2.75) is 32.2 Å². The summed E-state index contributed by atoms with van der Waals surface area (Å²) in [6.45, 7) is 5.81. The molecule has 186 valence electrons. The van der Waals surface area contributed by atoms with Crippen LogP contribution < -0.4 is 9.52 Å². The van der Waals surface area contributed by atoms with Gasteiger partial charge in [-0.3, -0.25) is 14.3 Å². The Morgan fingerprint density at radius 1 is 1.00 bits per heavy atom. The van der Waals surface area contributed by atoms with Gasteiger partial charge in [0.1, 0.15) is 6.54 Å². The maximum atomic E-state index is 13.3. The molecule has 0 aliphatic carbocycles. The Bertz CT molecular complexity index is 1620. The summed E-state index contributed by atoms with van der Waals surface area (Å²) >= 11 is 1.27. The lowest BCUT2D eigenvalue weighted by Gasteiger charge is -2.11. The van der Waals surface area contributed by atoms with Crippen molar-refractivity contribution in [1.29, 1.82) is 0 Å². The number of rotatable bonds is 7. The molecule has 1 heterocycles. The number of benzene rings is 3. The normalized spacial score (nSPS) is 12.0. The quantitative estimate of drug-likeness (QED) is 0.361. The molecule has 8 nitrogen and oxygen atoms in total. The second-order valence-corrected chi connectivity index (χ2v) is 10.8. The molecule has 4 aromatic rings. The van der Waals surface area contributed by atoms with E-state index in [0.717, 1.165) is 21.3 Å². The molecule has 4 rings (SSSR count). The van der Waals surface area contributed by atoms with E-state index < -0.39 is 21.9 Å². The molecule has 0 aliphatic heterocycles. The lowest BCUT2D eigenvalue weighted by atomic mass is 10.1. The third-order valence-corrected chi connectivity index (χ3v) is 7.97. The number of para-hydroxylation sites is 1. The van der Waals surface area contributed by atoms with Crippen LogP contribution in [0.15, 0.2) is 76.6 Å². The zero-order chi connectivity index (χ0) is 25.9. The first kappa shape index (κ1) is 25.3. The molecular formula is C26H25N3O5S2. The fourth-order valence-electron chi connectivity index (χ4n) is 3.60. The van der Waals surface area contributed by atoms with Crippen molar-refractivity contribution in [2.24, 2.45) is 4.99 Å². The van der Waals surface area contributed by atoms with Gasteiger partial charge >= 0.3 is 5.97 Å². The van der Waals surface area contributed by atoms with Gasteiger partial charge in [0.05, 0.1) is 33.0 Å². The number of aryl methyl sites for hydroxylation is 2. The Hall–Kier alpha value is -3.76. The van der Waals surface area contributed by atoms with Crippen molar-refractivity contribution in [1.82, 2.24) is 4.57 Å². The summed E-state index contributed by atoms with van der Waals surface area (Å²) < 4.78 is 35.8. The minimum Gasteiger partial charge on any atom is -0.465 e. The summed E-state index contributed by atoms with van der Waals surface area (Å²) in [5.41, 5.74) is 3.08. The van der Waals surface area contributed by atoms with E-state index in [9.17, 15) is 18.0 Å². The fourth-order valence-corrected chi connectivity index (χ4v) is 5.81. The maximum absolute atomic E-state index is 13.3. The number of thiazole rings is 1. The molecule has 0 unspecified atom stereocenters. The Labute approximate surface area is 212 Å². The Morgan fingerprint density at radius 2 is 1.67 bits per heavy atom. The van der Waals surface area contributed by atoms with Crippen molar-refractivity contribution in [2.75, 3.05) is 11.3 Å². The molecule has 3 aromatic carbocycles. The minimum atomic E-state index is -3.91. The van der Waals surface area contributed by atoms with Gasteiger partial charge < -0.3 is 9.30 Å². The zero-order valence-corrected chi connectivity index (χ0v) is 21.7. The Balaban J connectivity index is 1.78. The van der Waals surface area contributed by atoms with Crippen LogP contribution in [0.5, 0.6) is 0 Å². The van der Waals surface area contributed by atoms with Crippen LogP contribution in [0.2, 0.25) is 0 Å². The van der Waals surface area contributed by atoms with Gasteiger partial charge in [-0.15, -0.1) is 0 Å². The van der Waals surface area contributed by atoms with E-state index in [1.807, 2.05) is 26.0 Å². The van der Waals surface area contributed by atoms with Gasteiger partial charge in [0.15, 0.2) is 4.80 Å². The summed E-state index contributed by atoms with van der Waals surface area (Å²) in [5, 5.41) is 0. The van der Waals surface area contributed by atoms with Crippen LogP contribution in [0.4, 0.5) is 5.69 Å².